The zero-order valence-corrected chi connectivity index (χ0v) is 13.5. The molecule has 3 heteroatoms. The molecule has 1 nitrogen and oxygen atoms in total. The highest BCUT2D eigenvalue weighted by atomic mass is 79.9. The summed E-state index contributed by atoms with van der Waals surface area (Å²) < 4.78 is 6.16. The maximum absolute atomic E-state index is 6.59. The van der Waals surface area contributed by atoms with E-state index in [9.17, 15) is 0 Å². The summed E-state index contributed by atoms with van der Waals surface area (Å²) in [6, 6.07) is 12.2. The van der Waals surface area contributed by atoms with Crippen LogP contribution in [0.4, 0.5) is 0 Å². The third kappa shape index (κ3) is 3.13. The second-order valence-corrected chi connectivity index (χ2v) is 5.88. The standard InChI is InChI=1S/C16H16BrClO/c1-10-4-5-12(8-11(10)2)16(18)14-7-6-13(19-3)9-15(14)17/h4-9,16H,1-3H3. The smallest absolute Gasteiger partial charge is 0.120 e. The van der Waals surface area contributed by atoms with Crippen LogP contribution in [0.25, 0.3) is 0 Å². The lowest BCUT2D eigenvalue weighted by molar-refractivity contribution is 0.414. The maximum atomic E-state index is 6.59. The van der Waals surface area contributed by atoms with E-state index in [0.29, 0.717) is 0 Å². The Labute approximate surface area is 127 Å². The zero-order chi connectivity index (χ0) is 14.0. The summed E-state index contributed by atoms with van der Waals surface area (Å²) in [5.74, 6) is 0.819. The fourth-order valence-electron chi connectivity index (χ4n) is 1.94. The van der Waals surface area contributed by atoms with Gasteiger partial charge in [0.1, 0.15) is 5.75 Å². The number of hydrogen-bond acceptors (Lipinski definition) is 1. The van der Waals surface area contributed by atoms with Crippen molar-refractivity contribution in [2.45, 2.75) is 19.2 Å². The van der Waals surface area contributed by atoms with E-state index in [-0.39, 0.29) is 5.38 Å². The van der Waals surface area contributed by atoms with Gasteiger partial charge in [-0.3, -0.25) is 0 Å². The van der Waals surface area contributed by atoms with E-state index in [1.54, 1.807) is 7.11 Å². The molecule has 0 saturated heterocycles. The van der Waals surface area contributed by atoms with E-state index in [2.05, 4.69) is 48.0 Å². The SMILES string of the molecule is COc1ccc(C(Cl)c2ccc(C)c(C)c2)c(Br)c1. The molecule has 2 aromatic rings. The van der Waals surface area contributed by atoms with E-state index in [0.717, 1.165) is 21.3 Å². The van der Waals surface area contributed by atoms with Crippen LogP contribution in [0.2, 0.25) is 0 Å². The molecule has 2 aromatic carbocycles. The highest BCUT2D eigenvalue weighted by molar-refractivity contribution is 9.10. The first-order chi connectivity index (χ1) is 9.02. The normalized spacial score (nSPS) is 12.3. The molecule has 19 heavy (non-hydrogen) atoms. The van der Waals surface area contributed by atoms with Gasteiger partial charge < -0.3 is 4.74 Å². The fourth-order valence-corrected chi connectivity index (χ4v) is 2.99. The van der Waals surface area contributed by atoms with Crippen LogP contribution >= 0.6 is 27.5 Å². The number of hydrogen-bond donors (Lipinski definition) is 0. The summed E-state index contributed by atoms with van der Waals surface area (Å²) in [5, 5.41) is -0.167. The third-order valence-electron chi connectivity index (χ3n) is 3.30. The summed E-state index contributed by atoms with van der Waals surface area (Å²) in [7, 11) is 1.66. The molecule has 0 bridgehead atoms. The van der Waals surface area contributed by atoms with Gasteiger partial charge in [-0.25, -0.2) is 0 Å². The molecule has 0 amide bonds. The summed E-state index contributed by atoms with van der Waals surface area (Å²) >= 11 is 10.1. The Morgan fingerprint density at radius 1 is 1.05 bits per heavy atom. The van der Waals surface area contributed by atoms with Gasteiger partial charge in [0.2, 0.25) is 0 Å². The van der Waals surface area contributed by atoms with Gasteiger partial charge in [0, 0.05) is 4.47 Å². The average Bonchev–Trinajstić information content (AvgIpc) is 2.41. The van der Waals surface area contributed by atoms with Gasteiger partial charge in [0.25, 0.3) is 0 Å². The minimum atomic E-state index is -0.167. The average molecular weight is 340 g/mol. The summed E-state index contributed by atoms with van der Waals surface area (Å²) in [6.45, 7) is 4.21. The molecule has 0 aromatic heterocycles. The number of halogens is 2. The lowest BCUT2D eigenvalue weighted by Gasteiger charge is -2.14. The number of benzene rings is 2. The second-order valence-electron chi connectivity index (χ2n) is 4.59. The van der Waals surface area contributed by atoms with E-state index in [1.807, 2.05) is 18.2 Å². The van der Waals surface area contributed by atoms with Crippen molar-refractivity contribution in [1.82, 2.24) is 0 Å². The van der Waals surface area contributed by atoms with Crippen molar-refractivity contribution in [1.29, 1.82) is 0 Å². The molecular formula is C16H16BrClO. The zero-order valence-electron chi connectivity index (χ0n) is 11.2. The van der Waals surface area contributed by atoms with Crippen molar-refractivity contribution < 1.29 is 4.74 Å². The Morgan fingerprint density at radius 3 is 2.37 bits per heavy atom. The van der Waals surface area contributed by atoms with Gasteiger partial charge >= 0.3 is 0 Å². The molecule has 2 rings (SSSR count). The van der Waals surface area contributed by atoms with Crippen LogP contribution in [-0.4, -0.2) is 7.11 Å². The molecular weight excluding hydrogens is 324 g/mol. The van der Waals surface area contributed by atoms with Crippen LogP contribution < -0.4 is 4.74 Å². The number of alkyl halides is 1. The molecule has 0 fully saturated rings. The number of rotatable bonds is 3. The maximum Gasteiger partial charge on any atom is 0.120 e. The molecule has 0 spiro atoms. The first-order valence-electron chi connectivity index (χ1n) is 6.07. The third-order valence-corrected chi connectivity index (χ3v) is 4.48. The lowest BCUT2D eigenvalue weighted by Crippen LogP contribution is -1.96. The second kappa shape index (κ2) is 5.98. The minimum Gasteiger partial charge on any atom is -0.497 e. The molecule has 0 heterocycles. The Balaban J connectivity index is 2.38. The van der Waals surface area contributed by atoms with Crippen LogP contribution in [0.15, 0.2) is 40.9 Å². The van der Waals surface area contributed by atoms with Crippen molar-refractivity contribution in [2.75, 3.05) is 7.11 Å². The van der Waals surface area contributed by atoms with Gasteiger partial charge in [-0.15, -0.1) is 11.6 Å². The summed E-state index contributed by atoms with van der Waals surface area (Å²) in [5.41, 5.74) is 4.69. The van der Waals surface area contributed by atoms with E-state index in [1.165, 1.54) is 11.1 Å². The Hall–Kier alpha value is -0.990. The van der Waals surface area contributed by atoms with Crippen LogP contribution in [0, 0.1) is 13.8 Å². The van der Waals surface area contributed by atoms with Gasteiger partial charge in [-0.05, 0) is 48.2 Å². The fraction of sp³-hybridized carbons (Fsp3) is 0.250. The quantitative estimate of drug-likeness (QED) is 0.680. The van der Waals surface area contributed by atoms with Crippen molar-refractivity contribution in [3.63, 3.8) is 0 Å². The van der Waals surface area contributed by atoms with Gasteiger partial charge in [0.15, 0.2) is 0 Å². The van der Waals surface area contributed by atoms with Crippen molar-refractivity contribution >= 4 is 27.5 Å². The Morgan fingerprint density at radius 2 is 1.79 bits per heavy atom. The van der Waals surface area contributed by atoms with Crippen LogP contribution in [0.5, 0.6) is 5.75 Å². The molecule has 1 unspecified atom stereocenters. The predicted octanol–water partition coefficient (Wildman–Crippen LogP) is 5.40. The van der Waals surface area contributed by atoms with Crippen LogP contribution in [0.3, 0.4) is 0 Å². The lowest BCUT2D eigenvalue weighted by atomic mass is 10.00. The van der Waals surface area contributed by atoms with E-state index in [4.69, 9.17) is 16.3 Å². The summed E-state index contributed by atoms with van der Waals surface area (Å²) in [4.78, 5) is 0. The monoisotopic (exact) mass is 338 g/mol. The highest BCUT2D eigenvalue weighted by Crippen LogP contribution is 2.36. The number of methoxy groups -OCH3 is 1. The molecule has 0 aliphatic rings. The molecule has 0 N–H and O–H groups in total. The molecule has 0 radical (unpaired) electrons. The highest BCUT2D eigenvalue weighted by Gasteiger charge is 2.15. The summed E-state index contributed by atoms with van der Waals surface area (Å²) in [6.07, 6.45) is 0. The molecule has 0 saturated carbocycles. The van der Waals surface area contributed by atoms with Gasteiger partial charge in [-0.2, -0.15) is 0 Å². The predicted molar refractivity (Wildman–Crippen MR) is 84.3 cm³/mol. The van der Waals surface area contributed by atoms with Gasteiger partial charge in [0.05, 0.1) is 12.5 Å². The van der Waals surface area contributed by atoms with Gasteiger partial charge in [-0.1, -0.05) is 40.2 Å². The molecule has 0 aliphatic carbocycles. The molecule has 100 valence electrons. The molecule has 1 atom stereocenters. The Kier molecular flexibility index (Phi) is 4.54. The van der Waals surface area contributed by atoms with Crippen molar-refractivity contribution in [3.05, 3.63) is 63.1 Å². The number of aryl methyl sites for hydroxylation is 2. The van der Waals surface area contributed by atoms with E-state index >= 15 is 0 Å². The van der Waals surface area contributed by atoms with Crippen molar-refractivity contribution in [3.8, 4) is 5.75 Å². The van der Waals surface area contributed by atoms with Crippen LogP contribution in [-0.2, 0) is 0 Å². The largest absolute Gasteiger partial charge is 0.497 e. The van der Waals surface area contributed by atoms with Crippen LogP contribution in [0.1, 0.15) is 27.6 Å². The van der Waals surface area contributed by atoms with E-state index < -0.39 is 0 Å². The minimum absolute atomic E-state index is 0.167. The number of ether oxygens (including phenoxy) is 1. The first-order valence-corrected chi connectivity index (χ1v) is 7.30. The Bertz CT molecular complexity index is 595. The topological polar surface area (TPSA) is 9.23 Å². The van der Waals surface area contributed by atoms with Crippen molar-refractivity contribution in [2.24, 2.45) is 0 Å². The first kappa shape index (κ1) is 14.4. The molecule has 0 aliphatic heterocycles.